The average molecular weight is 1000 g/mol. The maximum absolute atomic E-state index is 14.3. The Balaban J connectivity index is 0.823. The fourth-order valence-electron chi connectivity index (χ4n) is 9.31. The number of pyridine rings is 2. The number of benzene rings is 5. The van der Waals surface area contributed by atoms with Crippen molar-refractivity contribution in [3.05, 3.63) is 180 Å². The molecule has 1 unspecified atom stereocenters. The number of aromatic nitrogens is 3. The van der Waals surface area contributed by atoms with E-state index in [9.17, 15) is 31.2 Å². The standard InChI is InChI=1S/C54H51N9O7S2/c1-37(38-8-3-2-4-9-38)36-60-26-28-61(29-27-60)52(64)40-16-21-45(22-17-40)59-72(69,70)49-35-43(34-42-11-6-25-56-50(42)49)46-23-18-39-10-5-13-48(51(39)57-46)71(67,68)58-44-19-14-41(15-20-44)53(65)62-30-32-63(33-31-62)54(66)47-12-7-24-55-47/h2-25,34-35,37,55,58-59H,26-33,36H2,1H3. The van der Waals surface area contributed by atoms with E-state index in [1.165, 1.54) is 36.0 Å². The third kappa shape index (κ3) is 10.1. The van der Waals surface area contributed by atoms with E-state index in [0.717, 1.165) is 19.6 Å². The summed E-state index contributed by atoms with van der Waals surface area (Å²) in [6.07, 6.45) is 3.20. The molecule has 5 heterocycles. The minimum absolute atomic E-state index is 0.108. The average Bonchev–Trinajstić information content (AvgIpc) is 3.96. The Kier molecular flexibility index (Phi) is 13.3. The first kappa shape index (κ1) is 47.7. The van der Waals surface area contributed by atoms with Crippen molar-refractivity contribution in [3.63, 3.8) is 0 Å². The Labute approximate surface area is 417 Å². The maximum atomic E-state index is 14.3. The van der Waals surface area contributed by atoms with E-state index in [1.54, 1.807) is 107 Å². The molecule has 2 aliphatic rings. The van der Waals surface area contributed by atoms with Gasteiger partial charge >= 0.3 is 0 Å². The molecule has 0 spiro atoms. The quantitative estimate of drug-likeness (QED) is 0.104. The predicted molar refractivity (Wildman–Crippen MR) is 277 cm³/mol. The number of amides is 3. The number of nitrogens with one attached hydrogen (secondary N) is 3. The molecule has 0 bridgehead atoms. The molecule has 0 aliphatic carbocycles. The summed E-state index contributed by atoms with van der Waals surface area (Å²) in [4.78, 5) is 59.2. The molecule has 18 heteroatoms. The zero-order chi connectivity index (χ0) is 50.0. The SMILES string of the molecule is CC(CN1CCN(C(=O)c2ccc(NS(=O)(=O)c3cc(-c4ccc5cccc(S(=O)(=O)Nc6ccc(C(=O)N7CCN(C(=O)c8ccc[nH]8)CC7)cc6)c5n4)cc4cccnc34)cc2)CC1)c1ccccc1. The molecule has 2 fully saturated rings. The first-order valence-electron chi connectivity index (χ1n) is 23.6. The number of carbonyl (C=O) groups excluding carboxylic acids is 3. The number of para-hydroxylation sites is 1. The lowest BCUT2D eigenvalue weighted by Crippen LogP contribution is -2.50. The van der Waals surface area contributed by atoms with Gasteiger partial charge in [0, 0.05) is 110 Å². The van der Waals surface area contributed by atoms with E-state index in [0.29, 0.717) is 84.0 Å². The summed E-state index contributed by atoms with van der Waals surface area (Å²) in [5, 5.41) is 1.05. The van der Waals surface area contributed by atoms with Crippen LogP contribution in [0.3, 0.4) is 0 Å². The van der Waals surface area contributed by atoms with Crippen molar-refractivity contribution in [3.8, 4) is 11.3 Å². The molecular formula is C54H51N9O7S2. The van der Waals surface area contributed by atoms with Crippen molar-refractivity contribution in [2.45, 2.75) is 22.6 Å². The summed E-state index contributed by atoms with van der Waals surface area (Å²) >= 11 is 0. The van der Waals surface area contributed by atoms with Gasteiger partial charge in [-0.2, -0.15) is 0 Å². The molecule has 72 heavy (non-hydrogen) atoms. The van der Waals surface area contributed by atoms with Crippen LogP contribution >= 0.6 is 0 Å². The van der Waals surface area contributed by atoms with Gasteiger partial charge in [0.25, 0.3) is 37.8 Å². The van der Waals surface area contributed by atoms with Crippen molar-refractivity contribution in [2.75, 3.05) is 68.3 Å². The van der Waals surface area contributed by atoms with Crippen LogP contribution in [-0.4, -0.2) is 128 Å². The van der Waals surface area contributed by atoms with Gasteiger partial charge in [-0.05, 0) is 102 Å². The lowest BCUT2D eigenvalue weighted by molar-refractivity contribution is 0.0532. The number of nitrogens with zero attached hydrogens (tertiary/aromatic N) is 6. The topological polar surface area (TPSA) is 198 Å². The molecule has 8 aromatic rings. The summed E-state index contributed by atoms with van der Waals surface area (Å²) in [6.45, 7) is 7.29. The van der Waals surface area contributed by atoms with Crippen LogP contribution < -0.4 is 9.44 Å². The number of fused-ring (bicyclic) bond motifs is 2. The highest BCUT2D eigenvalue weighted by atomic mass is 32.2. The minimum Gasteiger partial charge on any atom is -0.357 e. The second-order valence-electron chi connectivity index (χ2n) is 18.0. The van der Waals surface area contributed by atoms with Gasteiger partial charge in [0.2, 0.25) is 0 Å². The summed E-state index contributed by atoms with van der Waals surface area (Å²) in [5.74, 6) is -0.105. The van der Waals surface area contributed by atoms with Crippen molar-refractivity contribution in [1.82, 2.24) is 34.6 Å². The lowest BCUT2D eigenvalue weighted by atomic mass is 10.0. The molecule has 3 N–H and O–H groups in total. The van der Waals surface area contributed by atoms with Crippen molar-refractivity contribution < 1.29 is 31.2 Å². The van der Waals surface area contributed by atoms with Gasteiger partial charge < -0.3 is 19.7 Å². The molecule has 0 radical (unpaired) electrons. The van der Waals surface area contributed by atoms with Crippen LogP contribution in [0.2, 0.25) is 0 Å². The monoisotopic (exact) mass is 1000 g/mol. The van der Waals surface area contributed by atoms with Crippen molar-refractivity contribution in [2.24, 2.45) is 0 Å². The lowest BCUT2D eigenvalue weighted by Gasteiger charge is -2.36. The Hall–Kier alpha value is -7.93. The first-order valence-corrected chi connectivity index (χ1v) is 26.6. The fraction of sp³-hybridized carbons (Fsp3) is 0.204. The Morgan fingerprint density at radius 2 is 1.15 bits per heavy atom. The highest BCUT2D eigenvalue weighted by Gasteiger charge is 2.28. The van der Waals surface area contributed by atoms with Crippen molar-refractivity contribution >= 4 is 70.9 Å². The summed E-state index contributed by atoms with van der Waals surface area (Å²) < 4.78 is 62.0. The smallest absolute Gasteiger partial charge is 0.270 e. The van der Waals surface area contributed by atoms with Crippen LogP contribution in [0.5, 0.6) is 0 Å². The van der Waals surface area contributed by atoms with Gasteiger partial charge in [-0.25, -0.2) is 21.8 Å². The number of sulfonamides is 2. The number of carbonyl (C=O) groups is 3. The first-order chi connectivity index (χ1) is 34.8. The normalized spacial score (nSPS) is 15.1. The number of H-pyrrole nitrogens is 1. The van der Waals surface area contributed by atoms with Crippen LogP contribution in [0.15, 0.2) is 168 Å². The van der Waals surface area contributed by atoms with Crippen LogP contribution in [0, 0.1) is 0 Å². The van der Waals surface area contributed by atoms with E-state index in [-0.39, 0.29) is 49.9 Å². The number of piperazine rings is 2. The van der Waals surface area contributed by atoms with Gasteiger partial charge in [0.15, 0.2) is 0 Å². The highest BCUT2D eigenvalue weighted by molar-refractivity contribution is 7.93. The van der Waals surface area contributed by atoms with E-state index in [1.807, 2.05) is 23.1 Å². The van der Waals surface area contributed by atoms with E-state index in [4.69, 9.17) is 4.98 Å². The molecule has 2 aliphatic heterocycles. The maximum Gasteiger partial charge on any atom is 0.270 e. The van der Waals surface area contributed by atoms with Gasteiger partial charge in [-0.3, -0.25) is 33.7 Å². The van der Waals surface area contributed by atoms with Crippen LogP contribution in [-0.2, 0) is 20.0 Å². The molecule has 5 aromatic carbocycles. The van der Waals surface area contributed by atoms with Crippen LogP contribution in [0.1, 0.15) is 49.6 Å². The van der Waals surface area contributed by atoms with E-state index >= 15 is 0 Å². The molecule has 366 valence electrons. The van der Waals surface area contributed by atoms with E-state index in [2.05, 4.69) is 43.4 Å². The largest absolute Gasteiger partial charge is 0.357 e. The number of rotatable bonds is 13. The van der Waals surface area contributed by atoms with Gasteiger partial charge in [0.05, 0.1) is 16.7 Å². The fourth-order valence-corrected chi connectivity index (χ4v) is 11.8. The molecule has 3 aromatic heterocycles. The number of hydrogen-bond acceptors (Lipinski definition) is 10. The molecule has 2 saturated heterocycles. The van der Waals surface area contributed by atoms with Gasteiger partial charge in [-0.1, -0.05) is 61.5 Å². The number of aromatic amines is 1. The van der Waals surface area contributed by atoms with Crippen LogP contribution in [0.25, 0.3) is 33.1 Å². The van der Waals surface area contributed by atoms with E-state index < -0.39 is 20.0 Å². The summed E-state index contributed by atoms with van der Waals surface area (Å²) in [7, 11) is -8.53. The minimum atomic E-state index is -4.28. The molecule has 16 nitrogen and oxygen atoms in total. The predicted octanol–water partition coefficient (Wildman–Crippen LogP) is 7.54. The molecule has 10 rings (SSSR count). The number of hydrogen-bond donors (Lipinski definition) is 3. The molecule has 1 atom stereocenters. The van der Waals surface area contributed by atoms with Crippen LogP contribution in [0.4, 0.5) is 11.4 Å². The van der Waals surface area contributed by atoms with Gasteiger partial charge in [-0.15, -0.1) is 0 Å². The highest BCUT2D eigenvalue weighted by Crippen LogP contribution is 2.33. The third-order valence-corrected chi connectivity index (χ3v) is 16.0. The molecule has 0 saturated carbocycles. The summed E-state index contributed by atoms with van der Waals surface area (Å²) in [5.41, 5.74) is 4.19. The third-order valence-electron chi connectivity index (χ3n) is 13.2. The van der Waals surface area contributed by atoms with Crippen molar-refractivity contribution in [1.29, 1.82) is 0 Å². The zero-order valence-corrected chi connectivity index (χ0v) is 40.9. The second-order valence-corrected chi connectivity index (χ2v) is 21.3. The molecular weight excluding hydrogens is 951 g/mol. The summed E-state index contributed by atoms with van der Waals surface area (Å²) in [6, 6.07) is 41.2. The second kappa shape index (κ2) is 20.1. The van der Waals surface area contributed by atoms with Gasteiger partial charge in [0.1, 0.15) is 15.5 Å². The Bertz CT molecular complexity index is 3530. The Morgan fingerprint density at radius 3 is 1.76 bits per heavy atom. The number of anilines is 2. The Morgan fingerprint density at radius 1 is 0.569 bits per heavy atom. The molecule has 3 amide bonds. The zero-order valence-electron chi connectivity index (χ0n) is 39.3.